The topological polar surface area (TPSA) is 52.6 Å². The molecule has 0 aromatic carbocycles. The number of carbonyl (C=O) groups is 2. The highest BCUT2D eigenvalue weighted by Crippen LogP contribution is 2.34. The number of esters is 2. The van der Waals surface area contributed by atoms with Crippen LogP contribution in [0.4, 0.5) is 0 Å². The molecule has 132 valence electrons. The molecule has 0 radical (unpaired) electrons. The Morgan fingerprint density at radius 3 is 1.57 bits per heavy atom. The zero-order valence-corrected chi connectivity index (χ0v) is 17.4. The van der Waals surface area contributed by atoms with E-state index in [0.29, 0.717) is 24.4 Å². The van der Waals surface area contributed by atoms with E-state index in [9.17, 15) is 9.59 Å². The fraction of sp³-hybridized carbons (Fsp3) is 0.765. The Labute approximate surface area is 155 Å². The van der Waals surface area contributed by atoms with Crippen molar-refractivity contribution in [3.8, 4) is 0 Å². The summed E-state index contributed by atoms with van der Waals surface area (Å²) in [6.45, 7) is 8.58. The van der Waals surface area contributed by atoms with Crippen LogP contribution in [-0.4, -0.2) is 34.8 Å². The summed E-state index contributed by atoms with van der Waals surface area (Å²) in [6, 6.07) is 0. The summed E-state index contributed by atoms with van der Waals surface area (Å²) in [5.41, 5.74) is 0.803. The van der Waals surface area contributed by atoms with Crippen molar-refractivity contribution in [2.45, 2.75) is 56.6 Å². The van der Waals surface area contributed by atoms with E-state index in [0.717, 1.165) is 19.3 Å². The van der Waals surface area contributed by atoms with Crippen molar-refractivity contribution in [1.82, 2.24) is 0 Å². The first kappa shape index (κ1) is 20.7. The van der Waals surface area contributed by atoms with Crippen LogP contribution >= 0.6 is 31.9 Å². The summed E-state index contributed by atoms with van der Waals surface area (Å²) in [7, 11) is 0. The smallest absolute Gasteiger partial charge is 0.335 e. The molecule has 1 aliphatic rings. The first-order valence-electron chi connectivity index (χ1n) is 8.10. The Morgan fingerprint density at radius 2 is 1.26 bits per heavy atom. The van der Waals surface area contributed by atoms with E-state index >= 15 is 0 Å². The van der Waals surface area contributed by atoms with Crippen molar-refractivity contribution >= 4 is 43.8 Å². The van der Waals surface area contributed by atoms with E-state index in [1.807, 2.05) is 27.7 Å². The number of rotatable bonds is 6. The van der Waals surface area contributed by atoms with Crippen molar-refractivity contribution in [3.05, 3.63) is 11.1 Å². The SMILES string of the molecule is CC(C)COC(=O)C1=C(C(=O)OCC(C)C)C(Br)CCCC1Br. The van der Waals surface area contributed by atoms with Gasteiger partial charge < -0.3 is 9.47 Å². The third kappa shape index (κ3) is 6.57. The normalized spacial score (nSPS) is 22.3. The molecule has 1 aliphatic carbocycles. The van der Waals surface area contributed by atoms with Gasteiger partial charge in [-0.05, 0) is 24.7 Å². The van der Waals surface area contributed by atoms with Crippen molar-refractivity contribution < 1.29 is 19.1 Å². The van der Waals surface area contributed by atoms with Gasteiger partial charge in [-0.15, -0.1) is 0 Å². The van der Waals surface area contributed by atoms with E-state index in [2.05, 4.69) is 31.9 Å². The summed E-state index contributed by atoms with van der Waals surface area (Å²) in [5.74, 6) is -0.364. The molecular formula is C17H26Br2O4. The minimum Gasteiger partial charge on any atom is -0.462 e. The van der Waals surface area contributed by atoms with Gasteiger partial charge in [-0.25, -0.2) is 9.59 Å². The fourth-order valence-corrected chi connectivity index (χ4v) is 3.73. The molecule has 0 aromatic heterocycles. The predicted octanol–water partition coefficient (Wildman–Crippen LogP) is 4.39. The van der Waals surface area contributed by atoms with Gasteiger partial charge in [0, 0.05) is 9.65 Å². The van der Waals surface area contributed by atoms with Crippen LogP contribution in [0.3, 0.4) is 0 Å². The second kappa shape index (κ2) is 9.82. The minimum atomic E-state index is -0.427. The molecule has 0 amide bonds. The molecule has 0 bridgehead atoms. The quantitative estimate of drug-likeness (QED) is 0.442. The Morgan fingerprint density at radius 1 is 0.913 bits per heavy atom. The highest BCUT2D eigenvalue weighted by molar-refractivity contribution is 9.10. The highest BCUT2D eigenvalue weighted by atomic mass is 79.9. The molecule has 0 aliphatic heterocycles. The molecule has 23 heavy (non-hydrogen) atoms. The maximum absolute atomic E-state index is 12.5. The molecule has 0 heterocycles. The van der Waals surface area contributed by atoms with Crippen molar-refractivity contribution in [2.24, 2.45) is 11.8 Å². The Bertz CT molecular complexity index is 418. The molecule has 0 fully saturated rings. The molecule has 0 N–H and O–H groups in total. The third-order valence-corrected chi connectivity index (χ3v) is 5.20. The van der Waals surface area contributed by atoms with Gasteiger partial charge in [-0.1, -0.05) is 66.0 Å². The highest BCUT2D eigenvalue weighted by Gasteiger charge is 2.35. The lowest BCUT2D eigenvalue weighted by Crippen LogP contribution is -2.26. The molecule has 1 rings (SSSR count). The van der Waals surface area contributed by atoms with Gasteiger partial charge in [0.2, 0.25) is 0 Å². The Kier molecular flexibility index (Phi) is 8.83. The van der Waals surface area contributed by atoms with E-state index in [1.54, 1.807) is 0 Å². The van der Waals surface area contributed by atoms with E-state index < -0.39 is 11.9 Å². The molecule has 2 atom stereocenters. The fourth-order valence-electron chi connectivity index (χ4n) is 2.22. The van der Waals surface area contributed by atoms with Gasteiger partial charge in [0.25, 0.3) is 0 Å². The van der Waals surface area contributed by atoms with Crippen LogP contribution in [0.2, 0.25) is 0 Å². The van der Waals surface area contributed by atoms with Gasteiger partial charge in [-0.3, -0.25) is 0 Å². The van der Waals surface area contributed by atoms with Crippen molar-refractivity contribution in [2.75, 3.05) is 13.2 Å². The van der Waals surface area contributed by atoms with Crippen LogP contribution in [-0.2, 0) is 19.1 Å². The van der Waals surface area contributed by atoms with E-state index in [1.165, 1.54) is 0 Å². The molecule has 0 saturated heterocycles. The second-order valence-corrected chi connectivity index (χ2v) is 8.89. The van der Waals surface area contributed by atoms with Crippen LogP contribution in [0.25, 0.3) is 0 Å². The van der Waals surface area contributed by atoms with E-state index in [-0.39, 0.29) is 21.5 Å². The van der Waals surface area contributed by atoms with Gasteiger partial charge in [0.15, 0.2) is 0 Å². The van der Waals surface area contributed by atoms with E-state index in [4.69, 9.17) is 9.47 Å². The summed E-state index contributed by atoms with van der Waals surface area (Å²) in [6.07, 6.45) is 2.48. The van der Waals surface area contributed by atoms with Crippen LogP contribution < -0.4 is 0 Å². The van der Waals surface area contributed by atoms with Crippen LogP contribution in [0.1, 0.15) is 47.0 Å². The maximum Gasteiger partial charge on any atom is 0.335 e. The molecular weight excluding hydrogens is 428 g/mol. The monoisotopic (exact) mass is 452 g/mol. The number of halogens is 2. The predicted molar refractivity (Wildman–Crippen MR) is 97.9 cm³/mol. The first-order chi connectivity index (χ1) is 10.7. The average molecular weight is 454 g/mol. The Hall–Kier alpha value is -0.360. The summed E-state index contributed by atoms with van der Waals surface area (Å²) in [4.78, 5) is 24.7. The molecule has 6 heteroatoms. The summed E-state index contributed by atoms with van der Waals surface area (Å²) < 4.78 is 10.7. The van der Waals surface area contributed by atoms with Crippen molar-refractivity contribution in [1.29, 1.82) is 0 Å². The molecule has 0 saturated carbocycles. The zero-order chi connectivity index (χ0) is 17.6. The zero-order valence-electron chi connectivity index (χ0n) is 14.2. The Balaban J connectivity index is 3.09. The van der Waals surface area contributed by atoms with Gasteiger partial charge in [-0.2, -0.15) is 0 Å². The van der Waals surface area contributed by atoms with Crippen LogP contribution in [0.5, 0.6) is 0 Å². The summed E-state index contributed by atoms with van der Waals surface area (Å²) in [5, 5.41) is 0. The van der Waals surface area contributed by atoms with Crippen LogP contribution in [0, 0.1) is 11.8 Å². The molecule has 0 spiro atoms. The van der Waals surface area contributed by atoms with Crippen molar-refractivity contribution in [3.63, 3.8) is 0 Å². The standard InChI is InChI=1S/C17H26Br2O4/c1-10(2)8-22-16(20)14-12(18)6-5-7-13(19)15(14)17(21)23-9-11(3)4/h10-13H,5-9H2,1-4H3. The molecule has 0 aromatic rings. The number of hydrogen-bond donors (Lipinski definition) is 0. The summed E-state index contributed by atoms with van der Waals surface area (Å²) >= 11 is 7.08. The lowest BCUT2D eigenvalue weighted by atomic mass is 10.0. The van der Waals surface area contributed by atoms with Gasteiger partial charge in [0.1, 0.15) is 0 Å². The van der Waals surface area contributed by atoms with Gasteiger partial charge in [0.05, 0.1) is 24.4 Å². The number of alkyl halides is 2. The maximum atomic E-state index is 12.5. The van der Waals surface area contributed by atoms with Crippen LogP contribution in [0.15, 0.2) is 11.1 Å². The first-order valence-corrected chi connectivity index (χ1v) is 9.93. The number of carbonyl (C=O) groups excluding carboxylic acids is 2. The lowest BCUT2D eigenvalue weighted by Gasteiger charge is -2.18. The van der Waals surface area contributed by atoms with Gasteiger partial charge >= 0.3 is 11.9 Å². The molecule has 2 unspecified atom stereocenters. The second-order valence-electron chi connectivity index (χ2n) is 6.68. The number of hydrogen-bond acceptors (Lipinski definition) is 4. The largest absolute Gasteiger partial charge is 0.462 e. The number of ether oxygens (including phenoxy) is 2. The third-order valence-electron chi connectivity index (χ3n) is 3.37. The minimum absolute atomic E-state index is 0.189. The molecule has 4 nitrogen and oxygen atoms in total. The lowest BCUT2D eigenvalue weighted by molar-refractivity contribution is -0.143. The average Bonchev–Trinajstić information content (AvgIpc) is 2.61.